The zero-order valence-corrected chi connectivity index (χ0v) is 10.8. The highest BCUT2D eigenvalue weighted by molar-refractivity contribution is 7.85. The molecule has 0 saturated carbocycles. The Morgan fingerprint density at radius 2 is 2.11 bits per heavy atom. The largest absolute Gasteiger partial charge is 0.478 e. The molecule has 1 N–H and O–H groups in total. The van der Waals surface area contributed by atoms with Crippen molar-refractivity contribution in [3.8, 4) is 0 Å². The second kappa shape index (κ2) is 6.11. The van der Waals surface area contributed by atoms with Crippen molar-refractivity contribution >= 4 is 16.8 Å². The first-order valence-corrected chi connectivity index (χ1v) is 7.28. The van der Waals surface area contributed by atoms with Gasteiger partial charge in [-0.25, -0.2) is 4.79 Å². The van der Waals surface area contributed by atoms with Crippen LogP contribution in [0.1, 0.15) is 23.2 Å². The minimum atomic E-state index is -1.13. The maximum atomic E-state index is 12.2. The molecule has 1 heterocycles. The third kappa shape index (κ3) is 3.40. The van der Waals surface area contributed by atoms with Gasteiger partial charge in [-0.05, 0) is 37.0 Å². The van der Waals surface area contributed by atoms with Crippen LogP contribution in [0.3, 0.4) is 0 Å². The van der Waals surface area contributed by atoms with E-state index in [4.69, 9.17) is 9.84 Å². The SMILES string of the molecule is O=C(O)c1cccc(S(=O)CC2CCOCC2)c1. The normalized spacial score (nSPS) is 18.4. The molecule has 1 aliphatic rings. The predicted octanol–water partition coefficient (Wildman–Crippen LogP) is 1.92. The molecule has 1 atom stereocenters. The number of hydrogen-bond acceptors (Lipinski definition) is 3. The van der Waals surface area contributed by atoms with Crippen LogP contribution >= 0.6 is 0 Å². The molecule has 0 aliphatic carbocycles. The van der Waals surface area contributed by atoms with E-state index in [1.54, 1.807) is 12.1 Å². The van der Waals surface area contributed by atoms with Gasteiger partial charge < -0.3 is 9.84 Å². The Balaban J connectivity index is 2.03. The molecule has 1 saturated heterocycles. The van der Waals surface area contributed by atoms with Crippen molar-refractivity contribution in [1.29, 1.82) is 0 Å². The van der Waals surface area contributed by atoms with E-state index >= 15 is 0 Å². The number of carboxylic acids is 1. The van der Waals surface area contributed by atoms with Crippen molar-refractivity contribution < 1.29 is 18.8 Å². The molecule has 0 aromatic heterocycles. The van der Waals surface area contributed by atoms with Crippen LogP contribution in [0, 0.1) is 5.92 Å². The van der Waals surface area contributed by atoms with Crippen molar-refractivity contribution in [1.82, 2.24) is 0 Å². The number of aromatic carboxylic acids is 1. The maximum Gasteiger partial charge on any atom is 0.335 e. The fraction of sp³-hybridized carbons (Fsp3) is 0.462. The molecule has 0 bridgehead atoms. The van der Waals surface area contributed by atoms with Crippen LogP contribution in [-0.2, 0) is 15.5 Å². The average Bonchev–Trinajstić information content (AvgIpc) is 2.40. The number of carbonyl (C=O) groups is 1. The van der Waals surface area contributed by atoms with Gasteiger partial charge in [0.25, 0.3) is 0 Å². The Kier molecular flexibility index (Phi) is 4.49. The van der Waals surface area contributed by atoms with Crippen molar-refractivity contribution in [2.24, 2.45) is 5.92 Å². The van der Waals surface area contributed by atoms with E-state index in [-0.39, 0.29) is 5.56 Å². The zero-order valence-electron chi connectivity index (χ0n) is 10.0. The van der Waals surface area contributed by atoms with Gasteiger partial charge in [0, 0.05) is 23.9 Å². The molecule has 5 heteroatoms. The molecular weight excluding hydrogens is 252 g/mol. The van der Waals surface area contributed by atoms with E-state index in [0.717, 1.165) is 26.1 Å². The number of benzene rings is 1. The summed E-state index contributed by atoms with van der Waals surface area (Å²) in [6, 6.07) is 6.37. The summed E-state index contributed by atoms with van der Waals surface area (Å²) in [6.07, 6.45) is 1.87. The molecule has 1 aromatic carbocycles. The lowest BCUT2D eigenvalue weighted by Crippen LogP contribution is -2.21. The Bertz CT molecular complexity index is 452. The molecule has 1 fully saturated rings. The molecule has 0 spiro atoms. The van der Waals surface area contributed by atoms with E-state index < -0.39 is 16.8 Å². The Morgan fingerprint density at radius 3 is 2.78 bits per heavy atom. The predicted molar refractivity (Wildman–Crippen MR) is 68.2 cm³/mol. The van der Waals surface area contributed by atoms with Gasteiger partial charge in [-0.2, -0.15) is 0 Å². The van der Waals surface area contributed by atoms with Crippen LogP contribution in [0.4, 0.5) is 0 Å². The standard InChI is InChI=1S/C13H16O4S/c14-13(15)11-2-1-3-12(8-11)18(16)9-10-4-6-17-7-5-10/h1-3,8,10H,4-7,9H2,(H,14,15). The lowest BCUT2D eigenvalue weighted by atomic mass is 10.0. The highest BCUT2D eigenvalue weighted by Gasteiger charge is 2.18. The molecule has 1 aliphatic heterocycles. The Hall–Kier alpha value is -1.20. The first kappa shape index (κ1) is 13.2. The van der Waals surface area contributed by atoms with Gasteiger partial charge in [0.2, 0.25) is 0 Å². The van der Waals surface area contributed by atoms with E-state index in [9.17, 15) is 9.00 Å². The summed E-state index contributed by atoms with van der Waals surface area (Å²) >= 11 is 0. The van der Waals surface area contributed by atoms with E-state index in [0.29, 0.717) is 16.6 Å². The molecule has 4 nitrogen and oxygen atoms in total. The van der Waals surface area contributed by atoms with E-state index in [1.165, 1.54) is 12.1 Å². The highest BCUT2D eigenvalue weighted by Crippen LogP contribution is 2.19. The lowest BCUT2D eigenvalue weighted by molar-refractivity contribution is 0.0696. The highest BCUT2D eigenvalue weighted by atomic mass is 32.2. The Labute approximate surface area is 108 Å². The molecule has 1 unspecified atom stereocenters. The van der Waals surface area contributed by atoms with E-state index in [2.05, 4.69) is 0 Å². The minimum absolute atomic E-state index is 0.188. The number of ether oxygens (including phenoxy) is 1. The summed E-state index contributed by atoms with van der Waals surface area (Å²) in [5, 5.41) is 8.90. The van der Waals surface area contributed by atoms with Gasteiger partial charge in [0.1, 0.15) is 0 Å². The van der Waals surface area contributed by atoms with Crippen molar-refractivity contribution in [3.63, 3.8) is 0 Å². The summed E-state index contributed by atoms with van der Waals surface area (Å²) in [6.45, 7) is 1.47. The Morgan fingerprint density at radius 1 is 1.39 bits per heavy atom. The van der Waals surface area contributed by atoms with Crippen molar-refractivity contribution in [3.05, 3.63) is 29.8 Å². The molecular formula is C13H16O4S. The number of hydrogen-bond donors (Lipinski definition) is 1. The van der Waals surface area contributed by atoms with Gasteiger partial charge in [-0.3, -0.25) is 4.21 Å². The van der Waals surface area contributed by atoms with Crippen LogP contribution in [0.2, 0.25) is 0 Å². The number of carboxylic acid groups (broad SMARTS) is 1. The summed E-state index contributed by atoms with van der Waals surface area (Å²) in [4.78, 5) is 11.4. The molecule has 18 heavy (non-hydrogen) atoms. The van der Waals surface area contributed by atoms with Gasteiger partial charge in [0.15, 0.2) is 0 Å². The quantitative estimate of drug-likeness (QED) is 0.906. The average molecular weight is 268 g/mol. The lowest BCUT2D eigenvalue weighted by Gasteiger charge is -2.21. The summed E-state index contributed by atoms with van der Waals surface area (Å²) < 4.78 is 17.4. The third-order valence-corrected chi connectivity index (χ3v) is 4.63. The topological polar surface area (TPSA) is 63.6 Å². The maximum absolute atomic E-state index is 12.2. The minimum Gasteiger partial charge on any atom is -0.478 e. The molecule has 0 radical (unpaired) electrons. The second-order valence-electron chi connectivity index (χ2n) is 4.40. The van der Waals surface area contributed by atoms with Crippen LogP contribution in [0.5, 0.6) is 0 Å². The summed E-state index contributed by atoms with van der Waals surface area (Å²) in [5.41, 5.74) is 0.188. The van der Waals surface area contributed by atoms with Gasteiger partial charge >= 0.3 is 5.97 Å². The molecule has 2 rings (SSSR count). The third-order valence-electron chi connectivity index (χ3n) is 3.07. The molecule has 98 valence electrons. The fourth-order valence-electron chi connectivity index (χ4n) is 1.99. The van der Waals surface area contributed by atoms with Gasteiger partial charge in [-0.15, -0.1) is 0 Å². The molecule has 0 amide bonds. The van der Waals surface area contributed by atoms with Crippen LogP contribution < -0.4 is 0 Å². The summed E-state index contributed by atoms with van der Waals surface area (Å²) in [7, 11) is -1.13. The first-order chi connectivity index (χ1) is 8.66. The van der Waals surface area contributed by atoms with Crippen molar-refractivity contribution in [2.45, 2.75) is 17.7 Å². The van der Waals surface area contributed by atoms with Gasteiger partial charge in [-0.1, -0.05) is 6.07 Å². The van der Waals surface area contributed by atoms with Crippen LogP contribution in [0.15, 0.2) is 29.2 Å². The van der Waals surface area contributed by atoms with Gasteiger partial charge in [0.05, 0.1) is 16.4 Å². The molecule has 1 aromatic rings. The second-order valence-corrected chi connectivity index (χ2v) is 5.90. The summed E-state index contributed by atoms with van der Waals surface area (Å²) in [5.74, 6) is 0.0138. The smallest absolute Gasteiger partial charge is 0.335 e. The number of rotatable bonds is 4. The van der Waals surface area contributed by atoms with Crippen LogP contribution in [0.25, 0.3) is 0 Å². The monoisotopic (exact) mass is 268 g/mol. The van der Waals surface area contributed by atoms with Crippen molar-refractivity contribution in [2.75, 3.05) is 19.0 Å². The first-order valence-electron chi connectivity index (χ1n) is 5.96. The van der Waals surface area contributed by atoms with E-state index in [1.807, 2.05) is 0 Å². The zero-order chi connectivity index (χ0) is 13.0. The fourth-order valence-corrected chi connectivity index (χ4v) is 3.44. The van der Waals surface area contributed by atoms with Crippen LogP contribution in [-0.4, -0.2) is 34.3 Å².